The van der Waals surface area contributed by atoms with Gasteiger partial charge in [0.05, 0.1) is 5.56 Å². The van der Waals surface area contributed by atoms with Crippen LogP contribution in [0.4, 0.5) is 0 Å². The maximum absolute atomic E-state index is 11.9. The van der Waals surface area contributed by atoms with Gasteiger partial charge in [0.2, 0.25) is 0 Å². The van der Waals surface area contributed by atoms with Crippen molar-refractivity contribution in [1.82, 2.24) is 5.32 Å². The standard InChI is InChI=1S/C17H26BrNO2/c1-2-3-4-5-6-7-8-9-12-19-17(21)15-13-14(18)10-11-16(15)20/h10-11,13,20H,2-9,12H2,1H3,(H,19,21). The molecule has 21 heavy (non-hydrogen) atoms. The Morgan fingerprint density at radius 2 is 1.71 bits per heavy atom. The van der Waals surface area contributed by atoms with Gasteiger partial charge in [-0.15, -0.1) is 0 Å². The van der Waals surface area contributed by atoms with Crippen LogP contribution in [0.15, 0.2) is 22.7 Å². The van der Waals surface area contributed by atoms with Gasteiger partial charge < -0.3 is 10.4 Å². The molecule has 3 nitrogen and oxygen atoms in total. The third-order valence-electron chi connectivity index (χ3n) is 3.52. The molecule has 1 aromatic carbocycles. The summed E-state index contributed by atoms with van der Waals surface area (Å²) < 4.78 is 0.789. The van der Waals surface area contributed by atoms with Crippen LogP contribution in [-0.2, 0) is 0 Å². The fourth-order valence-corrected chi connectivity index (χ4v) is 2.61. The minimum atomic E-state index is -0.211. The Labute approximate surface area is 136 Å². The van der Waals surface area contributed by atoms with Crippen LogP contribution >= 0.6 is 15.9 Å². The SMILES string of the molecule is CCCCCCCCCCNC(=O)c1cc(Br)ccc1O. The van der Waals surface area contributed by atoms with Crippen molar-refractivity contribution < 1.29 is 9.90 Å². The number of hydrogen-bond acceptors (Lipinski definition) is 2. The van der Waals surface area contributed by atoms with Crippen molar-refractivity contribution in [3.05, 3.63) is 28.2 Å². The number of nitrogens with one attached hydrogen (secondary N) is 1. The van der Waals surface area contributed by atoms with E-state index in [9.17, 15) is 9.90 Å². The first-order valence-electron chi connectivity index (χ1n) is 7.92. The summed E-state index contributed by atoms with van der Waals surface area (Å²) in [7, 11) is 0. The third kappa shape index (κ3) is 7.51. The van der Waals surface area contributed by atoms with Crippen LogP contribution in [-0.4, -0.2) is 17.6 Å². The molecule has 0 atom stereocenters. The highest BCUT2D eigenvalue weighted by molar-refractivity contribution is 9.10. The molecule has 0 aromatic heterocycles. The van der Waals surface area contributed by atoms with E-state index in [4.69, 9.17) is 0 Å². The van der Waals surface area contributed by atoms with E-state index in [0.29, 0.717) is 12.1 Å². The molecular formula is C17H26BrNO2. The number of phenols is 1. The maximum Gasteiger partial charge on any atom is 0.255 e. The summed E-state index contributed by atoms with van der Waals surface area (Å²) in [5.41, 5.74) is 0.323. The number of carbonyl (C=O) groups is 1. The van der Waals surface area contributed by atoms with E-state index < -0.39 is 0 Å². The smallest absolute Gasteiger partial charge is 0.255 e. The second-order valence-corrected chi connectivity index (χ2v) is 6.31. The summed E-state index contributed by atoms with van der Waals surface area (Å²) in [5, 5.41) is 12.5. The van der Waals surface area contributed by atoms with Gasteiger partial charge in [-0.05, 0) is 24.6 Å². The second kappa shape index (κ2) is 10.7. The quantitative estimate of drug-likeness (QED) is 0.578. The summed E-state index contributed by atoms with van der Waals surface area (Å²) in [6.07, 6.45) is 9.97. The number of hydrogen-bond donors (Lipinski definition) is 2. The number of phenolic OH excluding ortho intramolecular Hbond substituents is 1. The number of unbranched alkanes of at least 4 members (excludes halogenated alkanes) is 7. The van der Waals surface area contributed by atoms with Gasteiger partial charge in [0.25, 0.3) is 5.91 Å². The number of rotatable bonds is 10. The Kier molecular flexibility index (Phi) is 9.15. The van der Waals surface area contributed by atoms with Gasteiger partial charge in [-0.25, -0.2) is 0 Å². The highest BCUT2D eigenvalue weighted by atomic mass is 79.9. The number of aromatic hydroxyl groups is 1. The van der Waals surface area contributed by atoms with Crippen LogP contribution < -0.4 is 5.32 Å². The lowest BCUT2D eigenvalue weighted by molar-refractivity contribution is 0.0950. The number of halogens is 1. The van der Waals surface area contributed by atoms with Crippen molar-refractivity contribution in [3.8, 4) is 5.75 Å². The van der Waals surface area contributed by atoms with Gasteiger partial charge in [-0.3, -0.25) is 4.79 Å². The molecule has 4 heteroatoms. The Bertz CT molecular complexity index is 435. The van der Waals surface area contributed by atoms with Gasteiger partial charge in [-0.1, -0.05) is 67.8 Å². The van der Waals surface area contributed by atoms with Crippen molar-refractivity contribution >= 4 is 21.8 Å². The topological polar surface area (TPSA) is 49.3 Å². The zero-order chi connectivity index (χ0) is 15.5. The normalized spacial score (nSPS) is 10.6. The molecular weight excluding hydrogens is 330 g/mol. The molecule has 2 N–H and O–H groups in total. The first kappa shape index (κ1) is 18.0. The summed E-state index contributed by atoms with van der Waals surface area (Å²) in [4.78, 5) is 11.9. The van der Waals surface area contributed by atoms with E-state index in [0.717, 1.165) is 17.3 Å². The molecule has 0 spiro atoms. The molecule has 0 saturated carbocycles. The van der Waals surface area contributed by atoms with Crippen LogP contribution in [0.25, 0.3) is 0 Å². The summed E-state index contributed by atoms with van der Waals surface area (Å²) >= 11 is 3.30. The largest absolute Gasteiger partial charge is 0.507 e. The third-order valence-corrected chi connectivity index (χ3v) is 4.01. The highest BCUT2D eigenvalue weighted by Crippen LogP contribution is 2.21. The molecule has 1 amide bonds. The van der Waals surface area contributed by atoms with E-state index in [-0.39, 0.29) is 11.7 Å². The minimum Gasteiger partial charge on any atom is -0.507 e. The van der Waals surface area contributed by atoms with Crippen molar-refractivity contribution in [2.45, 2.75) is 58.3 Å². The van der Waals surface area contributed by atoms with Crippen molar-refractivity contribution in [3.63, 3.8) is 0 Å². The van der Waals surface area contributed by atoms with Crippen LogP contribution in [0.1, 0.15) is 68.6 Å². The molecule has 0 aliphatic rings. The monoisotopic (exact) mass is 355 g/mol. The molecule has 0 fully saturated rings. The predicted octanol–water partition coefficient (Wildman–Crippen LogP) is 5.03. The fraction of sp³-hybridized carbons (Fsp3) is 0.588. The zero-order valence-electron chi connectivity index (χ0n) is 12.8. The average molecular weight is 356 g/mol. The Balaban J connectivity index is 2.12. The van der Waals surface area contributed by atoms with E-state index in [2.05, 4.69) is 28.2 Å². The molecule has 118 valence electrons. The molecule has 1 aromatic rings. The minimum absolute atomic E-state index is 0.0200. The molecule has 0 aliphatic heterocycles. The van der Waals surface area contributed by atoms with Gasteiger partial charge in [0.1, 0.15) is 5.75 Å². The van der Waals surface area contributed by atoms with Gasteiger partial charge >= 0.3 is 0 Å². The number of carbonyl (C=O) groups excluding carboxylic acids is 1. The van der Waals surface area contributed by atoms with Gasteiger partial charge in [0, 0.05) is 11.0 Å². The Morgan fingerprint density at radius 1 is 1.10 bits per heavy atom. The van der Waals surface area contributed by atoms with E-state index in [1.54, 1.807) is 12.1 Å². The first-order valence-corrected chi connectivity index (χ1v) is 8.71. The van der Waals surface area contributed by atoms with Crippen molar-refractivity contribution in [2.75, 3.05) is 6.54 Å². The predicted molar refractivity (Wildman–Crippen MR) is 90.8 cm³/mol. The van der Waals surface area contributed by atoms with Gasteiger partial charge in [0.15, 0.2) is 0 Å². The fourth-order valence-electron chi connectivity index (χ4n) is 2.25. The first-order chi connectivity index (χ1) is 10.1. The highest BCUT2D eigenvalue weighted by Gasteiger charge is 2.10. The summed E-state index contributed by atoms with van der Waals surface area (Å²) in [5.74, 6) is -0.191. The van der Waals surface area contributed by atoms with E-state index >= 15 is 0 Å². The Morgan fingerprint density at radius 3 is 2.38 bits per heavy atom. The van der Waals surface area contributed by atoms with Crippen molar-refractivity contribution in [1.29, 1.82) is 0 Å². The zero-order valence-corrected chi connectivity index (χ0v) is 14.4. The molecule has 0 unspecified atom stereocenters. The van der Waals surface area contributed by atoms with Crippen LogP contribution in [0, 0.1) is 0 Å². The van der Waals surface area contributed by atoms with E-state index in [1.807, 2.05) is 0 Å². The van der Waals surface area contributed by atoms with E-state index in [1.165, 1.54) is 44.6 Å². The summed E-state index contributed by atoms with van der Waals surface area (Å²) in [6, 6.07) is 4.87. The average Bonchev–Trinajstić information content (AvgIpc) is 2.48. The maximum atomic E-state index is 11.9. The second-order valence-electron chi connectivity index (χ2n) is 5.39. The number of benzene rings is 1. The molecule has 0 radical (unpaired) electrons. The molecule has 0 bridgehead atoms. The van der Waals surface area contributed by atoms with Crippen LogP contribution in [0.5, 0.6) is 5.75 Å². The summed E-state index contributed by atoms with van der Waals surface area (Å²) in [6.45, 7) is 2.89. The van der Waals surface area contributed by atoms with Crippen molar-refractivity contribution in [2.24, 2.45) is 0 Å². The lowest BCUT2D eigenvalue weighted by atomic mass is 10.1. The number of amides is 1. The van der Waals surface area contributed by atoms with Crippen LogP contribution in [0.2, 0.25) is 0 Å². The Hall–Kier alpha value is -1.03. The molecule has 0 saturated heterocycles. The molecule has 0 aliphatic carbocycles. The lowest BCUT2D eigenvalue weighted by Crippen LogP contribution is -2.24. The van der Waals surface area contributed by atoms with Gasteiger partial charge in [-0.2, -0.15) is 0 Å². The lowest BCUT2D eigenvalue weighted by Gasteiger charge is -2.07. The van der Waals surface area contributed by atoms with Crippen LogP contribution in [0.3, 0.4) is 0 Å². The molecule has 0 heterocycles. The molecule has 1 rings (SSSR count).